The van der Waals surface area contributed by atoms with Gasteiger partial charge in [0, 0.05) is 13.2 Å². The van der Waals surface area contributed by atoms with Crippen LogP contribution in [0, 0.1) is 5.92 Å². The van der Waals surface area contributed by atoms with Gasteiger partial charge in [-0.3, -0.25) is 4.79 Å². The zero-order valence-corrected chi connectivity index (χ0v) is 11.5. The van der Waals surface area contributed by atoms with Crippen LogP contribution in [-0.4, -0.2) is 42.9 Å². The summed E-state index contributed by atoms with van der Waals surface area (Å²) in [6, 6.07) is -0.783. The van der Waals surface area contributed by atoms with E-state index in [2.05, 4.69) is 10.6 Å². The number of aliphatic carboxylic acids is 1. The molecule has 2 unspecified atom stereocenters. The molecular formula is C12H24N2O4. The fourth-order valence-electron chi connectivity index (χ4n) is 1.50. The zero-order valence-electron chi connectivity index (χ0n) is 11.5. The number of nitrogens with one attached hydrogen (secondary N) is 2. The van der Waals surface area contributed by atoms with E-state index in [0.29, 0.717) is 6.61 Å². The molecule has 6 heteroatoms. The minimum absolute atomic E-state index is 0.0624. The topological polar surface area (TPSA) is 87.7 Å². The van der Waals surface area contributed by atoms with Crippen molar-refractivity contribution in [1.82, 2.24) is 10.6 Å². The van der Waals surface area contributed by atoms with Crippen LogP contribution < -0.4 is 10.6 Å². The summed E-state index contributed by atoms with van der Waals surface area (Å²) in [7, 11) is 1.57. The summed E-state index contributed by atoms with van der Waals surface area (Å²) in [4.78, 5) is 22.4. The monoisotopic (exact) mass is 260 g/mol. The van der Waals surface area contributed by atoms with Crippen LogP contribution in [0.4, 0.5) is 4.79 Å². The van der Waals surface area contributed by atoms with Gasteiger partial charge in [0.15, 0.2) is 0 Å². The maximum Gasteiger partial charge on any atom is 0.315 e. The highest BCUT2D eigenvalue weighted by Gasteiger charge is 2.20. The van der Waals surface area contributed by atoms with Gasteiger partial charge in [0.05, 0.1) is 19.1 Å². The van der Waals surface area contributed by atoms with Gasteiger partial charge in [-0.2, -0.15) is 0 Å². The largest absolute Gasteiger partial charge is 0.481 e. The van der Waals surface area contributed by atoms with Gasteiger partial charge in [-0.1, -0.05) is 20.8 Å². The van der Waals surface area contributed by atoms with Gasteiger partial charge in [0.2, 0.25) is 0 Å². The average molecular weight is 260 g/mol. The second kappa shape index (κ2) is 8.74. The second-order valence-electron chi connectivity index (χ2n) is 4.63. The molecule has 0 bridgehead atoms. The highest BCUT2D eigenvalue weighted by molar-refractivity contribution is 5.76. The summed E-state index contributed by atoms with van der Waals surface area (Å²) in [5.74, 6) is -0.854. The Labute approximate surface area is 108 Å². The van der Waals surface area contributed by atoms with E-state index in [9.17, 15) is 9.59 Å². The van der Waals surface area contributed by atoms with E-state index in [0.717, 1.165) is 6.42 Å². The Kier molecular flexibility index (Phi) is 8.11. The number of hydrogen-bond donors (Lipinski definition) is 3. The van der Waals surface area contributed by atoms with Crippen LogP contribution in [0.15, 0.2) is 0 Å². The molecule has 0 radical (unpaired) electrons. The van der Waals surface area contributed by atoms with Crippen molar-refractivity contribution in [3.05, 3.63) is 0 Å². The third-order valence-corrected chi connectivity index (χ3v) is 2.71. The number of methoxy groups -OCH3 is 1. The standard InChI is InChI=1S/C12H24N2O4/c1-5-9(7-18-4)13-12(17)14-10(8(2)3)6-11(15)16/h8-10H,5-7H2,1-4H3,(H,15,16)(H2,13,14,17). The number of carboxylic acids is 1. The van der Waals surface area contributed by atoms with E-state index in [1.807, 2.05) is 20.8 Å². The SMILES string of the molecule is CCC(COC)NC(=O)NC(CC(=O)O)C(C)C. The van der Waals surface area contributed by atoms with E-state index in [4.69, 9.17) is 9.84 Å². The molecule has 2 atom stereocenters. The normalized spacial score (nSPS) is 14.1. The van der Waals surface area contributed by atoms with Gasteiger partial charge in [-0.05, 0) is 12.3 Å². The number of urea groups is 1. The molecule has 0 rings (SSSR count). The number of carboxylic acid groups (broad SMARTS) is 1. The maximum absolute atomic E-state index is 11.7. The number of hydrogen-bond acceptors (Lipinski definition) is 3. The molecule has 2 amide bonds. The van der Waals surface area contributed by atoms with Crippen molar-refractivity contribution >= 4 is 12.0 Å². The first kappa shape index (κ1) is 16.7. The summed E-state index contributed by atoms with van der Waals surface area (Å²) in [6.45, 7) is 6.14. The summed E-state index contributed by atoms with van der Waals surface area (Å²) in [6.07, 6.45) is 0.679. The smallest absolute Gasteiger partial charge is 0.315 e. The Bertz CT molecular complexity index is 269. The molecule has 0 saturated heterocycles. The van der Waals surface area contributed by atoms with Crippen molar-refractivity contribution in [3.63, 3.8) is 0 Å². The number of carbonyl (C=O) groups is 2. The lowest BCUT2D eigenvalue weighted by Gasteiger charge is -2.23. The van der Waals surface area contributed by atoms with Gasteiger partial charge in [0.25, 0.3) is 0 Å². The van der Waals surface area contributed by atoms with Crippen molar-refractivity contribution in [3.8, 4) is 0 Å². The van der Waals surface area contributed by atoms with Crippen LogP contribution in [0.5, 0.6) is 0 Å². The Morgan fingerprint density at radius 2 is 1.89 bits per heavy atom. The van der Waals surface area contributed by atoms with E-state index in [-0.39, 0.29) is 30.5 Å². The molecule has 0 heterocycles. The van der Waals surface area contributed by atoms with Crippen molar-refractivity contribution in [2.75, 3.05) is 13.7 Å². The molecule has 0 aliphatic heterocycles. The van der Waals surface area contributed by atoms with Crippen LogP contribution in [0.2, 0.25) is 0 Å². The molecular weight excluding hydrogens is 236 g/mol. The lowest BCUT2D eigenvalue weighted by atomic mass is 10.0. The molecule has 0 saturated carbocycles. The molecule has 3 N–H and O–H groups in total. The third kappa shape index (κ3) is 7.11. The fourth-order valence-corrected chi connectivity index (χ4v) is 1.50. The molecule has 0 aromatic carbocycles. The predicted octanol–water partition coefficient (Wildman–Crippen LogP) is 1.21. The van der Waals surface area contributed by atoms with E-state index in [1.165, 1.54) is 0 Å². The minimum Gasteiger partial charge on any atom is -0.481 e. The highest BCUT2D eigenvalue weighted by atomic mass is 16.5. The van der Waals surface area contributed by atoms with Gasteiger partial charge in [0.1, 0.15) is 0 Å². The van der Waals surface area contributed by atoms with Crippen LogP contribution in [-0.2, 0) is 9.53 Å². The molecule has 0 fully saturated rings. The summed E-state index contributed by atoms with van der Waals surface area (Å²) < 4.78 is 4.98. The second-order valence-corrected chi connectivity index (χ2v) is 4.63. The summed E-state index contributed by atoms with van der Waals surface area (Å²) in [5.41, 5.74) is 0. The summed E-state index contributed by atoms with van der Waals surface area (Å²) >= 11 is 0. The first-order chi connectivity index (χ1) is 8.40. The Hall–Kier alpha value is -1.30. The fraction of sp³-hybridized carbons (Fsp3) is 0.833. The molecule has 0 aliphatic rings. The van der Waals surface area contributed by atoms with Crippen molar-refractivity contribution in [2.45, 2.75) is 45.7 Å². The van der Waals surface area contributed by atoms with E-state index < -0.39 is 5.97 Å². The van der Waals surface area contributed by atoms with Crippen LogP contribution in [0.25, 0.3) is 0 Å². The van der Waals surface area contributed by atoms with Gasteiger partial charge >= 0.3 is 12.0 Å². The summed E-state index contributed by atoms with van der Waals surface area (Å²) in [5, 5.41) is 14.2. The number of amides is 2. The molecule has 18 heavy (non-hydrogen) atoms. The quantitative estimate of drug-likeness (QED) is 0.612. The highest BCUT2D eigenvalue weighted by Crippen LogP contribution is 2.06. The number of ether oxygens (including phenoxy) is 1. The Balaban J connectivity index is 4.28. The van der Waals surface area contributed by atoms with Crippen molar-refractivity contribution < 1.29 is 19.4 Å². The van der Waals surface area contributed by atoms with Gasteiger partial charge < -0.3 is 20.5 Å². The van der Waals surface area contributed by atoms with Crippen molar-refractivity contribution in [2.24, 2.45) is 5.92 Å². The minimum atomic E-state index is -0.919. The number of carbonyl (C=O) groups excluding carboxylic acids is 1. The predicted molar refractivity (Wildman–Crippen MR) is 68.5 cm³/mol. The first-order valence-corrected chi connectivity index (χ1v) is 6.18. The first-order valence-electron chi connectivity index (χ1n) is 6.18. The van der Waals surface area contributed by atoms with Crippen LogP contribution in [0.1, 0.15) is 33.6 Å². The van der Waals surface area contributed by atoms with E-state index in [1.54, 1.807) is 7.11 Å². The van der Waals surface area contributed by atoms with Gasteiger partial charge in [-0.25, -0.2) is 4.79 Å². The Morgan fingerprint density at radius 1 is 1.28 bits per heavy atom. The average Bonchev–Trinajstić information content (AvgIpc) is 2.26. The zero-order chi connectivity index (χ0) is 14.1. The third-order valence-electron chi connectivity index (χ3n) is 2.71. The molecule has 6 nitrogen and oxygen atoms in total. The van der Waals surface area contributed by atoms with Gasteiger partial charge in [-0.15, -0.1) is 0 Å². The molecule has 0 aromatic heterocycles. The molecule has 0 aromatic rings. The maximum atomic E-state index is 11.7. The van der Waals surface area contributed by atoms with E-state index >= 15 is 0 Å². The number of rotatable bonds is 8. The molecule has 0 aliphatic carbocycles. The molecule has 106 valence electrons. The lowest BCUT2D eigenvalue weighted by molar-refractivity contribution is -0.137. The lowest BCUT2D eigenvalue weighted by Crippen LogP contribution is -2.49. The van der Waals surface area contributed by atoms with Crippen LogP contribution >= 0.6 is 0 Å². The Morgan fingerprint density at radius 3 is 2.28 bits per heavy atom. The molecule has 0 spiro atoms. The van der Waals surface area contributed by atoms with Crippen molar-refractivity contribution in [1.29, 1.82) is 0 Å². The van der Waals surface area contributed by atoms with Crippen LogP contribution in [0.3, 0.4) is 0 Å².